The number of aromatic nitrogens is 3. The fourth-order valence-corrected chi connectivity index (χ4v) is 1.21. The molecule has 0 radical (unpaired) electrons. The van der Waals surface area contributed by atoms with E-state index < -0.39 is 0 Å². The van der Waals surface area contributed by atoms with Crippen molar-refractivity contribution in [3.05, 3.63) is 30.0 Å². The highest BCUT2D eigenvalue weighted by atomic mass is 16.5. The maximum atomic E-state index is 5.15. The number of rotatable bonds is 4. The molecule has 0 unspecified atom stereocenters. The van der Waals surface area contributed by atoms with Gasteiger partial charge in [-0.1, -0.05) is 19.0 Å². The second-order valence-corrected chi connectivity index (χ2v) is 3.66. The summed E-state index contributed by atoms with van der Waals surface area (Å²) >= 11 is 0. The summed E-state index contributed by atoms with van der Waals surface area (Å²) in [6.45, 7) is 4.75. The fourth-order valence-electron chi connectivity index (χ4n) is 1.21. The van der Waals surface area contributed by atoms with Gasteiger partial charge in [0.25, 0.3) is 0 Å². The average Bonchev–Trinajstić information content (AvgIpc) is 2.86. The van der Waals surface area contributed by atoms with Gasteiger partial charge in [-0.2, -0.15) is 0 Å². The minimum Gasteiger partial charge on any atom is -0.360 e. The lowest BCUT2D eigenvalue weighted by molar-refractivity contribution is 0.373. The Kier molecular flexibility index (Phi) is 2.71. The summed E-state index contributed by atoms with van der Waals surface area (Å²) in [6.07, 6.45) is 3.51. The lowest BCUT2D eigenvalue weighted by Crippen LogP contribution is -2.00. The molecule has 2 aromatic heterocycles. The Morgan fingerprint density at radius 1 is 1.53 bits per heavy atom. The van der Waals surface area contributed by atoms with Crippen LogP contribution >= 0.6 is 0 Å². The molecule has 0 aromatic carbocycles. The molecule has 0 aliphatic rings. The quantitative estimate of drug-likeness (QED) is 0.804. The third-order valence-corrected chi connectivity index (χ3v) is 2.09. The topological polar surface area (TPSA) is 66.7 Å². The van der Waals surface area contributed by atoms with E-state index in [-0.39, 0.29) is 0 Å². The van der Waals surface area contributed by atoms with E-state index in [2.05, 4.69) is 34.3 Å². The Labute approximate surface area is 87.9 Å². The molecule has 0 atom stereocenters. The van der Waals surface area contributed by atoms with Crippen LogP contribution in [0.15, 0.2) is 23.0 Å². The molecular weight excluding hydrogens is 192 g/mol. The normalized spacial score (nSPS) is 10.9. The van der Waals surface area contributed by atoms with E-state index in [1.54, 1.807) is 12.4 Å². The molecule has 5 nitrogen and oxygen atoms in total. The Morgan fingerprint density at radius 3 is 3.00 bits per heavy atom. The van der Waals surface area contributed by atoms with Crippen molar-refractivity contribution in [1.29, 1.82) is 0 Å². The van der Waals surface area contributed by atoms with Crippen molar-refractivity contribution in [2.75, 3.05) is 5.32 Å². The van der Waals surface area contributed by atoms with E-state index in [1.807, 2.05) is 6.07 Å². The summed E-state index contributed by atoms with van der Waals surface area (Å²) in [5.74, 6) is 2.87. The van der Waals surface area contributed by atoms with Crippen molar-refractivity contribution in [3.8, 4) is 0 Å². The molecule has 0 saturated carbocycles. The van der Waals surface area contributed by atoms with Crippen LogP contribution in [0.1, 0.15) is 31.4 Å². The van der Waals surface area contributed by atoms with Crippen LogP contribution in [0.4, 0.5) is 5.82 Å². The van der Waals surface area contributed by atoms with Crippen LogP contribution in [-0.2, 0) is 6.54 Å². The Bertz CT molecular complexity index is 405. The van der Waals surface area contributed by atoms with Crippen molar-refractivity contribution in [3.63, 3.8) is 0 Å². The molecule has 0 aliphatic heterocycles. The van der Waals surface area contributed by atoms with Crippen LogP contribution in [0, 0.1) is 0 Å². The van der Waals surface area contributed by atoms with E-state index in [0.717, 1.165) is 17.4 Å². The zero-order valence-electron chi connectivity index (χ0n) is 8.82. The van der Waals surface area contributed by atoms with Crippen molar-refractivity contribution >= 4 is 5.82 Å². The summed E-state index contributed by atoms with van der Waals surface area (Å²) < 4.78 is 5.15. The van der Waals surface area contributed by atoms with Gasteiger partial charge in [0, 0.05) is 24.4 Å². The first-order valence-corrected chi connectivity index (χ1v) is 4.94. The number of aromatic amines is 1. The summed E-state index contributed by atoms with van der Waals surface area (Å²) in [7, 11) is 0. The van der Waals surface area contributed by atoms with E-state index in [0.29, 0.717) is 12.5 Å². The van der Waals surface area contributed by atoms with Gasteiger partial charge >= 0.3 is 0 Å². The molecule has 15 heavy (non-hydrogen) atoms. The SMILES string of the molecule is CC(C)c1cc(NCc2ncc[nH]2)no1. The third-order valence-electron chi connectivity index (χ3n) is 2.09. The molecule has 0 fully saturated rings. The van der Waals surface area contributed by atoms with Crippen molar-refractivity contribution < 1.29 is 4.52 Å². The Balaban J connectivity index is 1.94. The van der Waals surface area contributed by atoms with Gasteiger partial charge in [0.2, 0.25) is 0 Å². The number of nitrogens with one attached hydrogen (secondary N) is 2. The molecule has 0 bridgehead atoms. The maximum Gasteiger partial charge on any atom is 0.170 e. The molecule has 2 N–H and O–H groups in total. The van der Waals surface area contributed by atoms with Gasteiger partial charge in [0.1, 0.15) is 11.6 Å². The standard InChI is InChI=1S/C10H14N4O/c1-7(2)8-5-9(14-15-8)13-6-10-11-3-4-12-10/h3-5,7H,6H2,1-2H3,(H,11,12)(H,13,14). The molecule has 0 saturated heterocycles. The highest BCUT2D eigenvalue weighted by Gasteiger charge is 2.07. The highest BCUT2D eigenvalue weighted by Crippen LogP contribution is 2.17. The lowest BCUT2D eigenvalue weighted by atomic mass is 10.2. The third kappa shape index (κ3) is 2.37. The molecule has 2 aromatic rings. The Hall–Kier alpha value is -1.78. The zero-order valence-corrected chi connectivity index (χ0v) is 8.82. The summed E-state index contributed by atoms with van der Waals surface area (Å²) in [5.41, 5.74) is 0. The average molecular weight is 206 g/mol. The van der Waals surface area contributed by atoms with Gasteiger partial charge in [-0.05, 0) is 0 Å². The smallest absolute Gasteiger partial charge is 0.170 e. The molecule has 0 spiro atoms. The predicted molar refractivity (Wildman–Crippen MR) is 56.5 cm³/mol. The fraction of sp³-hybridized carbons (Fsp3) is 0.400. The maximum absolute atomic E-state index is 5.15. The van der Waals surface area contributed by atoms with Crippen LogP contribution < -0.4 is 5.32 Å². The molecule has 0 amide bonds. The number of hydrogen-bond donors (Lipinski definition) is 2. The first kappa shape index (κ1) is 9.76. The van der Waals surface area contributed by atoms with Crippen molar-refractivity contribution in [2.45, 2.75) is 26.3 Å². The van der Waals surface area contributed by atoms with Gasteiger partial charge in [0.15, 0.2) is 5.82 Å². The van der Waals surface area contributed by atoms with E-state index in [9.17, 15) is 0 Å². The molecule has 5 heteroatoms. The van der Waals surface area contributed by atoms with E-state index in [1.165, 1.54) is 0 Å². The van der Waals surface area contributed by atoms with Gasteiger partial charge in [-0.3, -0.25) is 0 Å². The lowest BCUT2D eigenvalue weighted by Gasteiger charge is -1.97. The second kappa shape index (κ2) is 4.16. The molecule has 2 heterocycles. The van der Waals surface area contributed by atoms with Crippen LogP contribution in [0.5, 0.6) is 0 Å². The Morgan fingerprint density at radius 2 is 2.40 bits per heavy atom. The molecule has 2 rings (SSSR count). The second-order valence-electron chi connectivity index (χ2n) is 3.66. The van der Waals surface area contributed by atoms with Gasteiger partial charge < -0.3 is 14.8 Å². The van der Waals surface area contributed by atoms with Crippen molar-refractivity contribution in [2.24, 2.45) is 0 Å². The largest absolute Gasteiger partial charge is 0.360 e. The number of H-pyrrole nitrogens is 1. The minimum absolute atomic E-state index is 0.358. The van der Waals surface area contributed by atoms with Crippen LogP contribution in [0.25, 0.3) is 0 Å². The van der Waals surface area contributed by atoms with Gasteiger partial charge in [0.05, 0.1) is 6.54 Å². The number of anilines is 1. The van der Waals surface area contributed by atoms with Gasteiger partial charge in [-0.15, -0.1) is 0 Å². The first-order valence-electron chi connectivity index (χ1n) is 4.94. The van der Waals surface area contributed by atoms with Gasteiger partial charge in [-0.25, -0.2) is 4.98 Å². The highest BCUT2D eigenvalue weighted by molar-refractivity contribution is 5.34. The number of nitrogens with zero attached hydrogens (tertiary/aromatic N) is 2. The molecule has 80 valence electrons. The summed E-state index contributed by atoms with van der Waals surface area (Å²) in [6, 6.07) is 1.91. The monoisotopic (exact) mass is 206 g/mol. The van der Waals surface area contributed by atoms with Crippen molar-refractivity contribution in [1.82, 2.24) is 15.1 Å². The van der Waals surface area contributed by atoms with Crippen LogP contribution in [0.2, 0.25) is 0 Å². The van der Waals surface area contributed by atoms with Crippen LogP contribution in [-0.4, -0.2) is 15.1 Å². The summed E-state index contributed by atoms with van der Waals surface area (Å²) in [4.78, 5) is 7.10. The first-order chi connectivity index (χ1) is 7.25. The minimum atomic E-state index is 0.358. The van der Waals surface area contributed by atoms with E-state index in [4.69, 9.17) is 4.52 Å². The molecular formula is C10H14N4O. The summed E-state index contributed by atoms with van der Waals surface area (Å²) in [5, 5.41) is 7.03. The predicted octanol–water partition coefficient (Wildman–Crippen LogP) is 2.13. The molecule has 0 aliphatic carbocycles. The number of imidazole rings is 1. The van der Waals surface area contributed by atoms with Crippen LogP contribution in [0.3, 0.4) is 0 Å². The van der Waals surface area contributed by atoms with E-state index >= 15 is 0 Å². The zero-order chi connectivity index (χ0) is 10.7. The number of hydrogen-bond acceptors (Lipinski definition) is 4.